The van der Waals surface area contributed by atoms with Crippen LogP contribution in [0.2, 0.25) is 0 Å². The van der Waals surface area contributed by atoms with Crippen LogP contribution in [0.15, 0.2) is 41.6 Å². The van der Waals surface area contributed by atoms with Crippen LogP contribution in [0, 0.1) is 0 Å². The van der Waals surface area contributed by atoms with Gasteiger partial charge in [-0.15, -0.1) is 10.2 Å². The number of phenolic OH excluding ortho intramolecular Hbond substituents is 1. The lowest BCUT2D eigenvalue weighted by molar-refractivity contribution is 0.224. The van der Waals surface area contributed by atoms with Gasteiger partial charge in [0.2, 0.25) is 11.0 Å². The van der Waals surface area contributed by atoms with Crippen LogP contribution in [0.5, 0.6) is 11.6 Å². The molecule has 1 atom stereocenters. The number of fused-ring (bicyclic) bond motifs is 3. The van der Waals surface area contributed by atoms with Gasteiger partial charge in [-0.1, -0.05) is 71.5 Å². The summed E-state index contributed by atoms with van der Waals surface area (Å²) in [5.41, 5.74) is 4.61. The highest BCUT2D eigenvalue weighted by Gasteiger charge is 2.31. The number of anilines is 1. The van der Waals surface area contributed by atoms with Gasteiger partial charge in [-0.25, -0.2) is 0 Å². The lowest BCUT2D eigenvalue weighted by atomic mass is 9.78. The molecule has 1 aromatic heterocycles. The molecule has 2 aromatic carbocycles. The molecule has 0 aliphatic carbocycles. The van der Waals surface area contributed by atoms with Crippen molar-refractivity contribution in [1.29, 1.82) is 0 Å². The minimum atomic E-state index is -0.508. The molecule has 7 heteroatoms. The number of ether oxygens (including phenoxy) is 1. The first-order valence-electron chi connectivity index (χ1n) is 10.7. The fourth-order valence-corrected chi connectivity index (χ4v) is 4.13. The summed E-state index contributed by atoms with van der Waals surface area (Å²) in [6, 6.07) is 12.0. The second-order valence-corrected chi connectivity index (χ2v) is 10.9. The van der Waals surface area contributed by atoms with Gasteiger partial charge >= 0.3 is 0 Å². The molecule has 3 aromatic rings. The number of aromatic nitrogens is 3. The van der Waals surface area contributed by atoms with E-state index in [2.05, 4.69) is 62.0 Å². The van der Waals surface area contributed by atoms with E-state index in [0.29, 0.717) is 22.5 Å². The number of benzene rings is 2. The smallest absolute Gasteiger partial charge is 0.247 e. The fourth-order valence-electron chi connectivity index (χ4n) is 3.84. The molecule has 4 rings (SSSR count). The molecule has 0 amide bonds. The zero-order valence-corrected chi connectivity index (χ0v) is 20.5. The second kappa shape index (κ2) is 7.96. The molecular formula is C25H30N4O2S. The molecule has 2 heterocycles. The largest absolute Gasteiger partial charge is 0.507 e. The molecule has 1 aliphatic heterocycles. The number of phenols is 1. The highest BCUT2D eigenvalue weighted by atomic mass is 32.2. The first kappa shape index (κ1) is 22.4. The highest BCUT2D eigenvalue weighted by molar-refractivity contribution is 7.98. The van der Waals surface area contributed by atoms with Crippen LogP contribution in [0.4, 0.5) is 5.69 Å². The van der Waals surface area contributed by atoms with E-state index in [4.69, 9.17) is 4.74 Å². The number of nitrogens with zero attached hydrogens (tertiary/aromatic N) is 3. The zero-order valence-electron chi connectivity index (χ0n) is 19.6. The summed E-state index contributed by atoms with van der Waals surface area (Å²) in [5.74, 6) is 0.784. The minimum absolute atomic E-state index is 0.240. The van der Waals surface area contributed by atoms with E-state index in [1.165, 1.54) is 11.8 Å². The van der Waals surface area contributed by atoms with E-state index in [1.54, 1.807) is 0 Å². The van der Waals surface area contributed by atoms with Crippen molar-refractivity contribution >= 4 is 17.4 Å². The van der Waals surface area contributed by atoms with Crippen LogP contribution >= 0.6 is 11.8 Å². The van der Waals surface area contributed by atoms with Crippen LogP contribution in [-0.2, 0) is 10.8 Å². The molecule has 0 spiro atoms. The van der Waals surface area contributed by atoms with Gasteiger partial charge < -0.3 is 15.2 Å². The van der Waals surface area contributed by atoms with Crippen molar-refractivity contribution in [3.8, 4) is 22.9 Å². The van der Waals surface area contributed by atoms with E-state index in [0.717, 1.165) is 27.9 Å². The third kappa shape index (κ3) is 4.13. The third-order valence-electron chi connectivity index (χ3n) is 5.57. The topological polar surface area (TPSA) is 80.2 Å². The van der Waals surface area contributed by atoms with E-state index < -0.39 is 6.23 Å². The monoisotopic (exact) mass is 450 g/mol. The molecule has 0 bridgehead atoms. The van der Waals surface area contributed by atoms with Gasteiger partial charge in [0, 0.05) is 27.9 Å². The Labute approximate surface area is 193 Å². The molecule has 0 saturated carbocycles. The fraction of sp³-hybridized carbons (Fsp3) is 0.400. The Hall–Kier alpha value is -2.80. The average molecular weight is 451 g/mol. The summed E-state index contributed by atoms with van der Waals surface area (Å²) < 4.78 is 6.42. The quantitative estimate of drug-likeness (QED) is 0.459. The molecule has 0 radical (unpaired) electrons. The van der Waals surface area contributed by atoms with Crippen molar-refractivity contribution in [2.75, 3.05) is 11.6 Å². The molecule has 1 unspecified atom stereocenters. The highest BCUT2D eigenvalue weighted by Crippen LogP contribution is 2.44. The maximum absolute atomic E-state index is 11.1. The number of aromatic hydroxyl groups is 1. The van der Waals surface area contributed by atoms with E-state index in [9.17, 15) is 5.11 Å². The number of thioether (sulfide) groups is 1. The van der Waals surface area contributed by atoms with Crippen molar-refractivity contribution in [3.63, 3.8) is 0 Å². The summed E-state index contributed by atoms with van der Waals surface area (Å²) in [4.78, 5) is 4.60. The molecule has 2 N–H and O–H groups in total. The Kier molecular flexibility index (Phi) is 5.57. The normalized spacial score (nSPS) is 15.8. The van der Waals surface area contributed by atoms with E-state index >= 15 is 0 Å². The summed E-state index contributed by atoms with van der Waals surface area (Å²) in [7, 11) is 0. The predicted octanol–water partition coefficient (Wildman–Crippen LogP) is 6.06. The molecule has 168 valence electrons. The number of hydrogen-bond donors (Lipinski definition) is 2. The Balaban J connectivity index is 1.92. The SMILES string of the molecule is CSc1nnc2c(n1)OC(c1cc(C(C)(C)C)c(O)c(C(C)(C)C)c1)Nc1ccccc1-2. The predicted molar refractivity (Wildman–Crippen MR) is 130 cm³/mol. The molecular weight excluding hydrogens is 420 g/mol. The van der Waals surface area contributed by atoms with Gasteiger partial charge in [0.15, 0.2) is 11.9 Å². The third-order valence-corrected chi connectivity index (χ3v) is 6.11. The van der Waals surface area contributed by atoms with Crippen LogP contribution in [-0.4, -0.2) is 26.5 Å². The number of nitrogens with one attached hydrogen (secondary N) is 1. The molecule has 6 nitrogen and oxygen atoms in total. The lowest BCUT2D eigenvalue weighted by Crippen LogP contribution is -2.22. The van der Waals surface area contributed by atoms with Crippen LogP contribution in [0.1, 0.15) is 64.5 Å². The van der Waals surface area contributed by atoms with Gasteiger partial charge in [0.05, 0.1) is 0 Å². The molecule has 32 heavy (non-hydrogen) atoms. The maximum atomic E-state index is 11.1. The van der Waals surface area contributed by atoms with Gasteiger partial charge in [0.25, 0.3) is 0 Å². The van der Waals surface area contributed by atoms with E-state index in [-0.39, 0.29) is 10.8 Å². The summed E-state index contributed by atoms with van der Waals surface area (Å²) in [5, 5.41) is 23.8. The lowest BCUT2D eigenvalue weighted by Gasteiger charge is -2.30. The number of rotatable bonds is 2. The minimum Gasteiger partial charge on any atom is -0.507 e. The van der Waals surface area contributed by atoms with Crippen LogP contribution in [0.25, 0.3) is 11.3 Å². The average Bonchev–Trinajstić information content (AvgIpc) is 2.88. The Morgan fingerprint density at radius 2 is 1.59 bits per heavy atom. The maximum Gasteiger partial charge on any atom is 0.247 e. The van der Waals surface area contributed by atoms with Crippen molar-refractivity contribution < 1.29 is 9.84 Å². The van der Waals surface area contributed by atoms with Crippen molar-refractivity contribution in [2.45, 2.75) is 63.8 Å². The van der Waals surface area contributed by atoms with Crippen LogP contribution in [0.3, 0.4) is 0 Å². The number of para-hydroxylation sites is 1. The van der Waals surface area contributed by atoms with Gasteiger partial charge in [0.1, 0.15) is 5.75 Å². The molecule has 0 saturated heterocycles. The summed E-state index contributed by atoms with van der Waals surface area (Å²) >= 11 is 1.42. The first-order valence-corrected chi connectivity index (χ1v) is 11.9. The van der Waals surface area contributed by atoms with Crippen molar-refractivity contribution in [1.82, 2.24) is 15.2 Å². The molecule has 0 fully saturated rings. The van der Waals surface area contributed by atoms with Gasteiger partial charge in [-0.05, 0) is 35.3 Å². The summed E-state index contributed by atoms with van der Waals surface area (Å²) in [6.07, 6.45) is 1.40. The van der Waals surface area contributed by atoms with E-state index in [1.807, 2.05) is 42.7 Å². The molecule has 1 aliphatic rings. The second-order valence-electron chi connectivity index (χ2n) is 10.1. The van der Waals surface area contributed by atoms with Gasteiger partial charge in [-0.3, -0.25) is 0 Å². The van der Waals surface area contributed by atoms with Crippen LogP contribution < -0.4 is 10.1 Å². The van der Waals surface area contributed by atoms with Crippen molar-refractivity contribution in [2.24, 2.45) is 0 Å². The Bertz CT molecular complexity index is 1130. The zero-order chi connectivity index (χ0) is 23.3. The Morgan fingerprint density at radius 1 is 0.969 bits per heavy atom. The Morgan fingerprint density at radius 3 is 2.19 bits per heavy atom. The number of hydrogen-bond acceptors (Lipinski definition) is 7. The first-order chi connectivity index (χ1) is 15.0. The standard InChI is InChI=1S/C25H30N4O2S/c1-24(2,3)16-12-14(13-17(20(16)30)25(4,5)6)21-26-18-11-9-8-10-15(18)19-22(31-21)27-23(32-7)29-28-19/h8-13,21,26,30H,1-7H3. The van der Waals surface area contributed by atoms with Gasteiger partial charge in [-0.2, -0.15) is 4.98 Å². The van der Waals surface area contributed by atoms with Crippen molar-refractivity contribution in [3.05, 3.63) is 53.1 Å². The summed E-state index contributed by atoms with van der Waals surface area (Å²) in [6.45, 7) is 12.6.